The van der Waals surface area contributed by atoms with E-state index in [-0.39, 0.29) is 4.75 Å². The van der Waals surface area contributed by atoms with Crippen molar-refractivity contribution in [2.75, 3.05) is 0 Å². The topological polar surface area (TPSA) is 43.1 Å². The Morgan fingerprint density at radius 2 is 1.89 bits per heavy atom. The zero-order valence-electron chi connectivity index (χ0n) is 12.0. The molecule has 2 nitrogen and oxygen atoms in total. The van der Waals surface area contributed by atoms with Gasteiger partial charge in [-0.05, 0) is 50.3 Å². The first-order valence-corrected chi connectivity index (χ1v) is 8.79. The molecule has 2 atom stereocenters. The first-order valence-electron chi connectivity index (χ1n) is 6.78. The second-order valence-electron chi connectivity index (χ2n) is 5.65. The molecule has 0 bridgehead atoms. The van der Waals surface area contributed by atoms with Crippen LogP contribution in [0.5, 0.6) is 0 Å². The molecule has 0 aliphatic carbocycles. The van der Waals surface area contributed by atoms with E-state index in [1.807, 2.05) is 13.8 Å². The molecule has 2 N–H and O–H groups in total. The highest BCUT2D eigenvalue weighted by Crippen LogP contribution is 2.33. The third kappa shape index (κ3) is 5.36. The van der Waals surface area contributed by atoms with Crippen LogP contribution in [0.15, 0.2) is 28.7 Å². The van der Waals surface area contributed by atoms with Crippen LogP contribution in [0, 0.1) is 0 Å². The molecule has 1 aromatic rings. The van der Waals surface area contributed by atoms with E-state index in [1.165, 1.54) is 18.4 Å². The lowest BCUT2D eigenvalue weighted by atomic mass is 9.86. The maximum absolute atomic E-state index is 11.6. The molecule has 0 fully saturated rings. The van der Waals surface area contributed by atoms with E-state index in [4.69, 9.17) is 5.14 Å². The van der Waals surface area contributed by atoms with E-state index in [0.29, 0.717) is 5.92 Å². The van der Waals surface area contributed by atoms with Crippen molar-refractivity contribution < 1.29 is 4.21 Å². The first kappa shape index (κ1) is 16.9. The molecular formula is C15H24BrNOS. The minimum absolute atomic E-state index is 0.342. The fraction of sp³-hybridized carbons (Fsp3) is 0.600. The highest BCUT2D eigenvalue weighted by atomic mass is 79.9. The molecule has 0 saturated heterocycles. The van der Waals surface area contributed by atoms with Crippen molar-refractivity contribution in [1.82, 2.24) is 0 Å². The van der Waals surface area contributed by atoms with Gasteiger partial charge < -0.3 is 0 Å². The van der Waals surface area contributed by atoms with Crippen molar-refractivity contribution in [3.05, 3.63) is 34.3 Å². The van der Waals surface area contributed by atoms with Crippen LogP contribution in [0.25, 0.3) is 0 Å². The molecule has 108 valence electrons. The van der Waals surface area contributed by atoms with E-state index in [2.05, 4.69) is 47.1 Å². The monoisotopic (exact) mass is 345 g/mol. The molecule has 1 unspecified atom stereocenters. The summed E-state index contributed by atoms with van der Waals surface area (Å²) in [5.74, 6) is 0.426. The van der Waals surface area contributed by atoms with Gasteiger partial charge in [0.05, 0.1) is 15.7 Å². The van der Waals surface area contributed by atoms with E-state index in [0.717, 1.165) is 17.3 Å². The molecule has 4 heteroatoms. The molecule has 0 amide bonds. The summed E-state index contributed by atoms with van der Waals surface area (Å²) in [7, 11) is -1.29. The summed E-state index contributed by atoms with van der Waals surface area (Å²) in [5, 5.41) is 5.61. The molecular weight excluding hydrogens is 322 g/mol. The Bertz CT molecular complexity index is 417. The van der Waals surface area contributed by atoms with Gasteiger partial charge in [0.15, 0.2) is 0 Å². The predicted molar refractivity (Wildman–Crippen MR) is 87.4 cm³/mol. The van der Waals surface area contributed by atoms with Crippen LogP contribution >= 0.6 is 15.9 Å². The molecule has 0 radical (unpaired) electrons. The predicted octanol–water partition coefficient (Wildman–Crippen LogP) is 4.51. The van der Waals surface area contributed by atoms with Crippen molar-refractivity contribution in [2.24, 2.45) is 5.14 Å². The average Bonchev–Trinajstić information content (AvgIpc) is 2.35. The smallest absolute Gasteiger partial charge is 0.0945 e. The summed E-state index contributed by atoms with van der Waals surface area (Å²) in [6.07, 6.45) is 4.35. The van der Waals surface area contributed by atoms with Gasteiger partial charge >= 0.3 is 0 Å². The Kier molecular flexibility index (Phi) is 6.71. The molecule has 0 spiro atoms. The van der Waals surface area contributed by atoms with E-state index in [1.54, 1.807) is 0 Å². The number of hydrogen-bond donors (Lipinski definition) is 1. The summed E-state index contributed by atoms with van der Waals surface area (Å²) in [6, 6.07) is 8.45. The van der Waals surface area contributed by atoms with Gasteiger partial charge in [-0.3, -0.25) is 5.14 Å². The summed E-state index contributed by atoms with van der Waals surface area (Å²) >= 11 is 3.46. The van der Waals surface area contributed by atoms with Crippen molar-refractivity contribution in [3.8, 4) is 0 Å². The molecule has 1 rings (SSSR count). The number of rotatable bonds is 7. The van der Waals surface area contributed by atoms with Gasteiger partial charge in [0.25, 0.3) is 0 Å². The summed E-state index contributed by atoms with van der Waals surface area (Å²) in [4.78, 5) is 0. The quantitative estimate of drug-likeness (QED) is 0.775. The highest BCUT2D eigenvalue weighted by molar-refractivity contribution is 9.10. The van der Waals surface area contributed by atoms with E-state index >= 15 is 0 Å². The van der Waals surface area contributed by atoms with E-state index < -0.39 is 11.0 Å². The zero-order valence-corrected chi connectivity index (χ0v) is 14.4. The van der Waals surface area contributed by atoms with Crippen molar-refractivity contribution in [1.29, 1.82) is 0 Å². The lowest BCUT2D eigenvalue weighted by molar-refractivity contribution is 0.480. The van der Waals surface area contributed by atoms with Crippen LogP contribution in [0.2, 0.25) is 0 Å². The largest absolute Gasteiger partial charge is 0.251 e. The second kappa shape index (κ2) is 7.55. The first-order chi connectivity index (χ1) is 8.86. The zero-order chi connectivity index (χ0) is 14.5. The van der Waals surface area contributed by atoms with Gasteiger partial charge in [0, 0.05) is 4.47 Å². The number of halogens is 1. The third-order valence-electron chi connectivity index (χ3n) is 3.53. The van der Waals surface area contributed by atoms with Gasteiger partial charge in [-0.25, -0.2) is 4.21 Å². The SMILES string of the molecule is CCCC[C@@H](CC(C)(C)S(N)=O)c1ccc(Br)cc1. The van der Waals surface area contributed by atoms with Crippen molar-refractivity contribution in [3.63, 3.8) is 0 Å². The molecule has 1 aromatic carbocycles. The number of unbranched alkanes of at least 4 members (excludes halogenated alkanes) is 1. The van der Waals surface area contributed by atoms with Gasteiger partial charge in [-0.1, -0.05) is 47.8 Å². The number of hydrogen-bond acceptors (Lipinski definition) is 1. The molecule has 0 aliphatic heterocycles. The van der Waals surface area contributed by atoms with Crippen LogP contribution in [0.3, 0.4) is 0 Å². The number of nitrogens with two attached hydrogens (primary N) is 1. The molecule has 0 heterocycles. The van der Waals surface area contributed by atoms with Gasteiger partial charge in [0.2, 0.25) is 0 Å². The Morgan fingerprint density at radius 3 is 2.37 bits per heavy atom. The van der Waals surface area contributed by atoms with Crippen molar-refractivity contribution in [2.45, 2.75) is 57.1 Å². The average molecular weight is 346 g/mol. The fourth-order valence-corrected chi connectivity index (χ4v) is 2.88. The molecule has 0 aliphatic rings. The third-order valence-corrected chi connectivity index (χ3v) is 5.31. The Labute approximate surface area is 127 Å². The maximum atomic E-state index is 11.6. The Hall–Kier alpha value is -0.190. The van der Waals surface area contributed by atoms with Crippen LogP contribution in [-0.2, 0) is 11.0 Å². The van der Waals surface area contributed by atoms with Crippen LogP contribution < -0.4 is 5.14 Å². The highest BCUT2D eigenvalue weighted by Gasteiger charge is 2.28. The normalized spacial score (nSPS) is 15.2. The summed E-state index contributed by atoms with van der Waals surface area (Å²) in [5.41, 5.74) is 1.31. The van der Waals surface area contributed by atoms with Crippen LogP contribution in [-0.4, -0.2) is 8.96 Å². The van der Waals surface area contributed by atoms with E-state index in [9.17, 15) is 4.21 Å². The lowest BCUT2D eigenvalue weighted by Gasteiger charge is -2.27. The second-order valence-corrected chi connectivity index (χ2v) is 8.27. The molecule has 0 aromatic heterocycles. The standard InChI is InChI=1S/C15H24BrNOS/c1-4-5-6-13(11-15(2,3)19(17)18)12-7-9-14(16)10-8-12/h7-10,13H,4-6,11,17H2,1-3H3/t13-,19?/m0/s1. The summed E-state index contributed by atoms with van der Waals surface area (Å²) in [6.45, 7) is 6.17. The minimum Gasteiger partial charge on any atom is -0.251 e. The van der Waals surface area contributed by atoms with Gasteiger partial charge in [-0.15, -0.1) is 0 Å². The fourth-order valence-electron chi connectivity index (χ4n) is 2.25. The summed E-state index contributed by atoms with van der Waals surface area (Å²) < 4.78 is 12.4. The Morgan fingerprint density at radius 1 is 1.32 bits per heavy atom. The van der Waals surface area contributed by atoms with Crippen LogP contribution in [0.4, 0.5) is 0 Å². The number of benzene rings is 1. The van der Waals surface area contributed by atoms with Gasteiger partial charge in [-0.2, -0.15) is 0 Å². The maximum Gasteiger partial charge on any atom is 0.0945 e. The Balaban J connectivity index is 2.88. The van der Waals surface area contributed by atoms with Gasteiger partial charge in [0.1, 0.15) is 0 Å². The molecule has 0 saturated carbocycles. The molecule has 19 heavy (non-hydrogen) atoms. The van der Waals surface area contributed by atoms with Crippen molar-refractivity contribution >= 4 is 26.9 Å². The minimum atomic E-state index is -1.29. The van der Waals surface area contributed by atoms with Crippen LogP contribution in [0.1, 0.15) is 57.9 Å². The lowest BCUT2D eigenvalue weighted by Crippen LogP contribution is -2.33.